The third-order valence-electron chi connectivity index (χ3n) is 3.62. The Labute approximate surface area is 124 Å². The van der Waals surface area contributed by atoms with Crippen molar-refractivity contribution in [1.82, 2.24) is 4.98 Å². The predicted octanol–water partition coefficient (Wildman–Crippen LogP) is 4.42. The first-order chi connectivity index (χ1) is 10.3. The maximum atomic E-state index is 5.26. The third kappa shape index (κ3) is 2.97. The molecular weight excluding hydrogens is 260 g/mol. The summed E-state index contributed by atoms with van der Waals surface area (Å²) in [6.07, 6.45) is 3.61. The molecule has 21 heavy (non-hydrogen) atoms. The molecule has 2 aromatic carbocycles. The van der Waals surface area contributed by atoms with Gasteiger partial charge in [-0.05, 0) is 53.6 Å². The number of benzene rings is 2. The van der Waals surface area contributed by atoms with E-state index >= 15 is 0 Å². The molecule has 0 saturated heterocycles. The summed E-state index contributed by atoms with van der Waals surface area (Å²) in [5.41, 5.74) is 2.27. The first-order valence-corrected chi connectivity index (χ1v) is 7.00. The van der Waals surface area contributed by atoms with Crippen LogP contribution < -0.4 is 10.1 Å². The SMILES string of the molecule is COc1ccc2cc(C(C)Nc3cccnc3)ccc2c1. The number of aromatic nitrogens is 1. The molecule has 1 atom stereocenters. The van der Waals surface area contributed by atoms with Crippen LogP contribution in [0.25, 0.3) is 10.8 Å². The number of fused-ring (bicyclic) bond motifs is 1. The highest BCUT2D eigenvalue weighted by Crippen LogP contribution is 2.25. The Morgan fingerprint density at radius 1 is 1.05 bits per heavy atom. The van der Waals surface area contributed by atoms with Gasteiger partial charge in [-0.15, -0.1) is 0 Å². The molecule has 0 aliphatic carbocycles. The molecule has 1 N–H and O–H groups in total. The van der Waals surface area contributed by atoms with Crippen LogP contribution in [0.5, 0.6) is 5.75 Å². The number of methoxy groups -OCH3 is 1. The van der Waals surface area contributed by atoms with Gasteiger partial charge in [-0.25, -0.2) is 0 Å². The number of pyridine rings is 1. The van der Waals surface area contributed by atoms with Crippen molar-refractivity contribution in [3.8, 4) is 5.75 Å². The number of nitrogens with zero attached hydrogens (tertiary/aromatic N) is 1. The molecule has 0 radical (unpaired) electrons. The lowest BCUT2D eigenvalue weighted by Gasteiger charge is -2.16. The average molecular weight is 278 g/mol. The van der Waals surface area contributed by atoms with Crippen molar-refractivity contribution >= 4 is 16.5 Å². The van der Waals surface area contributed by atoms with Crippen molar-refractivity contribution in [3.05, 3.63) is 66.5 Å². The Morgan fingerprint density at radius 3 is 2.62 bits per heavy atom. The minimum atomic E-state index is 0.223. The van der Waals surface area contributed by atoms with Crippen LogP contribution in [0.2, 0.25) is 0 Å². The van der Waals surface area contributed by atoms with Gasteiger partial charge in [0.05, 0.1) is 12.8 Å². The summed E-state index contributed by atoms with van der Waals surface area (Å²) in [6, 6.07) is 16.8. The highest BCUT2D eigenvalue weighted by Gasteiger charge is 2.06. The third-order valence-corrected chi connectivity index (χ3v) is 3.62. The zero-order valence-corrected chi connectivity index (χ0v) is 12.2. The average Bonchev–Trinajstić information content (AvgIpc) is 2.54. The molecule has 3 heteroatoms. The smallest absolute Gasteiger partial charge is 0.119 e. The van der Waals surface area contributed by atoms with Crippen LogP contribution in [0.15, 0.2) is 60.9 Å². The normalized spacial score (nSPS) is 12.1. The fourth-order valence-electron chi connectivity index (χ4n) is 2.42. The van der Waals surface area contributed by atoms with Crippen LogP contribution in [-0.2, 0) is 0 Å². The minimum Gasteiger partial charge on any atom is -0.497 e. The number of hydrogen-bond acceptors (Lipinski definition) is 3. The van der Waals surface area contributed by atoms with Crippen molar-refractivity contribution in [2.24, 2.45) is 0 Å². The number of rotatable bonds is 4. The molecule has 3 aromatic rings. The van der Waals surface area contributed by atoms with E-state index in [1.807, 2.05) is 24.4 Å². The van der Waals surface area contributed by atoms with Gasteiger partial charge in [0.1, 0.15) is 5.75 Å². The standard InChI is InChI=1S/C18H18N2O/c1-13(20-17-4-3-9-19-12-17)14-5-6-16-11-18(21-2)8-7-15(16)10-14/h3-13,20H,1-2H3. The lowest BCUT2D eigenvalue weighted by Crippen LogP contribution is -2.06. The molecule has 1 aromatic heterocycles. The van der Waals surface area contributed by atoms with Gasteiger partial charge >= 0.3 is 0 Å². The Kier molecular flexibility index (Phi) is 3.73. The predicted molar refractivity (Wildman–Crippen MR) is 86.8 cm³/mol. The zero-order chi connectivity index (χ0) is 14.7. The summed E-state index contributed by atoms with van der Waals surface area (Å²) in [6.45, 7) is 2.15. The highest BCUT2D eigenvalue weighted by molar-refractivity contribution is 5.84. The van der Waals surface area contributed by atoms with Gasteiger partial charge in [0, 0.05) is 18.4 Å². The fraction of sp³-hybridized carbons (Fsp3) is 0.167. The van der Waals surface area contributed by atoms with E-state index in [1.165, 1.54) is 16.3 Å². The van der Waals surface area contributed by atoms with Crippen molar-refractivity contribution in [2.75, 3.05) is 12.4 Å². The molecule has 0 spiro atoms. The van der Waals surface area contributed by atoms with Crippen LogP contribution in [0.1, 0.15) is 18.5 Å². The van der Waals surface area contributed by atoms with Gasteiger partial charge in [-0.2, -0.15) is 0 Å². The summed E-state index contributed by atoms with van der Waals surface area (Å²) in [5.74, 6) is 0.886. The second kappa shape index (κ2) is 5.83. The Hall–Kier alpha value is -2.55. The lowest BCUT2D eigenvalue weighted by atomic mass is 10.0. The van der Waals surface area contributed by atoms with Crippen molar-refractivity contribution in [2.45, 2.75) is 13.0 Å². The van der Waals surface area contributed by atoms with Gasteiger partial charge < -0.3 is 10.1 Å². The number of hydrogen-bond donors (Lipinski definition) is 1. The van der Waals surface area contributed by atoms with E-state index in [0.29, 0.717) is 0 Å². The van der Waals surface area contributed by atoms with E-state index in [-0.39, 0.29) is 6.04 Å². The topological polar surface area (TPSA) is 34.1 Å². The van der Waals surface area contributed by atoms with Crippen LogP contribution in [0.4, 0.5) is 5.69 Å². The molecule has 0 saturated carbocycles. The molecular formula is C18H18N2O. The maximum absolute atomic E-state index is 5.26. The highest BCUT2D eigenvalue weighted by atomic mass is 16.5. The van der Waals surface area contributed by atoms with Gasteiger partial charge in [-0.1, -0.05) is 18.2 Å². The summed E-state index contributed by atoms with van der Waals surface area (Å²) in [4.78, 5) is 4.12. The van der Waals surface area contributed by atoms with Crippen molar-refractivity contribution < 1.29 is 4.74 Å². The first kappa shape index (κ1) is 13.4. The Balaban J connectivity index is 1.86. The zero-order valence-electron chi connectivity index (χ0n) is 12.2. The quantitative estimate of drug-likeness (QED) is 0.767. The largest absolute Gasteiger partial charge is 0.497 e. The molecule has 0 bridgehead atoms. The molecule has 3 rings (SSSR count). The van der Waals surface area contributed by atoms with Crippen molar-refractivity contribution in [1.29, 1.82) is 0 Å². The number of nitrogens with one attached hydrogen (secondary N) is 1. The Bertz CT molecular complexity index is 741. The van der Waals surface area contributed by atoms with Crippen LogP contribution in [0.3, 0.4) is 0 Å². The van der Waals surface area contributed by atoms with E-state index in [9.17, 15) is 0 Å². The molecule has 1 heterocycles. The van der Waals surface area contributed by atoms with Gasteiger partial charge in [0.15, 0.2) is 0 Å². The van der Waals surface area contributed by atoms with Crippen LogP contribution >= 0.6 is 0 Å². The number of ether oxygens (including phenoxy) is 1. The molecule has 0 aliphatic heterocycles. The second-order valence-electron chi connectivity index (χ2n) is 5.08. The molecule has 1 unspecified atom stereocenters. The molecule has 0 aliphatic rings. The fourth-order valence-corrected chi connectivity index (χ4v) is 2.42. The van der Waals surface area contributed by atoms with Gasteiger partial charge in [-0.3, -0.25) is 4.98 Å². The summed E-state index contributed by atoms with van der Waals surface area (Å²) >= 11 is 0. The van der Waals surface area contributed by atoms with Crippen LogP contribution in [-0.4, -0.2) is 12.1 Å². The second-order valence-corrected chi connectivity index (χ2v) is 5.08. The molecule has 0 fully saturated rings. The Morgan fingerprint density at radius 2 is 1.86 bits per heavy atom. The van der Waals surface area contributed by atoms with Gasteiger partial charge in [0.25, 0.3) is 0 Å². The van der Waals surface area contributed by atoms with E-state index in [0.717, 1.165) is 11.4 Å². The summed E-state index contributed by atoms with van der Waals surface area (Å²) in [7, 11) is 1.69. The van der Waals surface area contributed by atoms with E-state index in [2.05, 4.69) is 47.6 Å². The summed E-state index contributed by atoms with van der Waals surface area (Å²) < 4.78 is 5.26. The van der Waals surface area contributed by atoms with Crippen molar-refractivity contribution in [3.63, 3.8) is 0 Å². The minimum absolute atomic E-state index is 0.223. The number of anilines is 1. The van der Waals surface area contributed by atoms with E-state index in [1.54, 1.807) is 13.3 Å². The first-order valence-electron chi connectivity index (χ1n) is 7.00. The molecule has 106 valence electrons. The lowest BCUT2D eigenvalue weighted by molar-refractivity contribution is 0.415. The van der Waals surface area contributed by atoms with Gasteiger partial charge in [0.2, 0.25) is 0 Å². The molecule has 3 nitrogen and oxygen atoms in total. The maximum Gasteiger partial charge on any atom is 0.119 e. The molecule has 0 amide bonds. The monoisotopic (exact) mass is 278 g/mol. The van der Waals surface area contributed by atoms with Crippen LogP contribution in [0, 0.1) is 0 Å². The summed E-state index contributed by atoms with van der Waals surface area (Å²) in [5, 5.41) is 5.86. The van der Waals surface area contributed by atoms with E-state index < -0.39 is 0 Å². The van der Waals surface area contributed by atoms with E-state index in [4.69, 9.17) is 4.74 Å².